The van der Waals surface area contributed by atoms with Crippen LogP contribution in [0.3, 0.4) is 0 Å². The third kappa shape index (κ3) is 15.9. The molecule has 0 radical (unpaired) electrons. The first-order chi connectivity index (χ1) is 40.5. The molecule has 8 rings (SSSR count). The molecule has 1 fully saturated rings. The fourth-order valence-corrected chi connectivity index (χ4v) is 10.5. The van der Waals surface area contributed by atoms with Crippen molar-refractivity contribution in [3.63, 3.8) is 0 Å². The van der Waals surface area contributed by atoms with Gasteiger partial charge in [0.1, 0.15) is 17.5 Å². The minimum Gasteiger partial charge on any atom is -0.409 e. The van der Waals surface area contributed by atoms with Crippen LogP contribution in [-0.2, 0) is 24.0 Å². The van der Waals surface area contributed by atoms with E-state index < -0.39 is 59.8 Å². The molecule has 84 heavy (non-hydrogen) atoms. The van der Waals surface area contributed by atoms with E-state index in [2.05, 4.69) is 47.1 Å². The molecule has 1 aromatic heterocycles. The quantitative estimate of drug-likeness (QED) is 0.0214. The molecule has 3 aliphatic heterocycles. The van der Waals surface area contributed by atoms with E-state index in [0.717, 1.165) is 34.3 Å². The average molecular weight is 1170 g/mol. The number of imide groups is 1. The zero-order chi connectivity index (χ0) is 59.9. The maximum atomic E-state index is 14.5. The van der Waals surface area contributed by atoms with Gasteiger partial charge in [-0.3, -0.25) is 38.5 Å². The Morgan fingerprint density at radius 2 is 1.39 bits per heavy atom. The summed E-state index contributed by atoms with van der Waals surface area (Å²) in [6.45, 7) is 3.58. The van der Waals surface area contributed by atoms with E-state index in [1.807, 2.05) is 31.3 Å². The molecule has 3 atom stereocenters. The number of halogens is 1. The topological polar surface area (TPSA) is 345 Å². The summed E-state index contributed by atoms with van der Waals surface area (Å²) >= 11 is 6.57. The molecule has 25 nitrogen and oxygen atoms in total. The van der Waals surface area contributed by atoms with Crippen molar-refractivity contribution in [1.82, 2.24) is 46.3 Å². The number of carbonyl (C=O) groups is 10. The number of anilines is 3. The second-order valence-corrected chi connectivity index (χ2v) is 21.0. The van der Waals surface area contributed by atoms with Crippen molar-refractivity contribution in [1.29, 1.82) is 0 Å². The monoisotopic (exact) mass is 1170 g/mol. The summed E-state index contributed by atoms with van der Waals surface area (Å²) in [5, 5.41) is 21.6. The van der Waals surface area contributed by atoms with Crippen LogP contribution in [0.25, 0.3) is 21.7 Å². The molecule has 5 aromatic rings. The standard InChI is InChI=1S/C58H69ClN14O11/c1-70-26-28-71(29-27-70)58(83)84-47-32-46-51(41-9-3-2-8-40(41)47)37(33-59)34-73(46)55(80)45-31-36-30-39(17-18-42(36)68-45)67-52(77)35-13-15-38(16-14-35)66-54(79)44(11-6-22-65-57(61)82)69-53(78)43(10-4-5-21-64-56(60)81)62-23-24-63-48(74)12-7-25-72-49(75)19-20-50(72)76/h2-3,8-9,13-20,30-32,37,43-44,62,68H,4-7,10-12,21-29,33-34H2,1H3,(H,63,74)(H,66,79)(H,67,77)(H,69,78)(H3,60,64,81)(H3,61,65,82)/t37-,43+,44+/m1/s1. The molecule has 0 spiro atoms. The summed E-state index contributed by atoms with van der Waals surface area (Å²) in [7, 11) is 2.00. The van der Waals surface area contributed by atoms with Gasteiger partial charge in [-0.25, -0.2) is 14.4 Å². The van der Waals surface area contributed by atoms with Gasteiger partial charge in [0.2, 0.25) is 17.7 Å². The van der Waals surface area contributed by atoms with Gasteiger partial charge in [0.15, 0.2) is 0 Å². The Bertz CT molecular complexity index is 3310. The van der Waals surface area contributed by atoms with E-state index in [9.17, 15) is 47.9 Å². The minimum absolute atomic E-state index is 0.0540. The van der Waals surface area contributed by atoms with Gasteiger partial charge in [-0.1, -0.05) is 24.3 Å². The number of primary amides is 2. The number of amides is 12. The van der Waals surface area contributed by atoms with Crippen molar-refractivity contribution >= 4 is 110 Å². The first-order valence-corrected chi connectivity index (χ1v) is 28.3. The number of hydrogen-bond acceptors (Lipinski definition) is 13. The highest BCUT2D eigenvalue weighted by Gasteiger charge is 2.37. The number of unbranched alkanes of at least 4 members (excludes halogenated alkanes) is 1. The van der Waals surface area contributed by atoms with Crippen molar-refractivity contribution in [2.75, 3.05) is 93.9 Å². The number of nitrogens with one attached hydrogen (secondary N) is 8. The lowest BCUT2D eigenvalue weighted by Gasteiger charge is -2.31. The number of nitrogens with zero attached hydrogens (tertiary/aromatic N) is 4. The molecule has 12 amide bonds. The Balaban J connectivity index is 0.883. The predicted molar refractivity (Wildman–Crippen MR) is 316 cm³/mol. The Hall–Kier alpha value is -9.07. The molecule has 444 valence electrons. The maximum Gasteiger partial charge on any atom is 0.415 e. The number of fused-ring (bicyclic) bond motifs is 4. The van der Waals surface area contributed by atoms with Gasteiger partial charge in [-0.15, -0.1) is 11.6 Å². The molecule has 3 aliphatic rings. The van der Waals surface area contributed by atoms with Crippen LogP contribution in [0, 0.1) is 0 Å². The zero-order valence-electron chi connectivity index (χ0n) is 46.4. The van der Waals surface area contributed by atoms with Crippen molar-refractivity contribution in [3.05, 3.63) is 108 Å². The first kappa shape index (κ1) is 61.0. The fourth-order valence-electron chi connectivity index (χ4n) is 10.2. The van der Waals surface area contributed by atoms with Gasteiger partial charge in [-0.2, -0.15) is 0 Å². The Morgan fingerprint density at radius 3 is 2.10 bits per heavy atom. The van der Waals surface area contributed by atoms with E-state index in [0.29, 0.717) is 71.9 Å². The summed E-state index contributed by atoms with van der Waals surface area (Å²) in [5.41, 5.74) is 13.9. The lowest BCUT2D eigenvalue weighted by molar-refractivity contribution is -0.137. The van der Waals surface area contributed by atoms with Gasteiger partial charge in [-0.05, 0) is 105 Å². The number of alkyl halides is 1. The van der Waals surface area contributed by atoms with Crippen LogP contribution in [0.4, 0.5) is 31.4 Å². The number of rotatable bonds is 26. The molecule has 4 heterocycles. The summed E-state index contributed by atoms with van der Waals surface area (Å²) in [6.07, 6.45) is 3.77. The lowest BCUT2D eigenvalue weighted by Crippen LogP contribution is -2.52. The van der Waals surface area contributed by atoms with E-state index in [1.54, 1.807) is 40.1 Å². The smallest absolute Gasteiger partial charge is 0.409 e. The number of benzene rings is 4. The second-order valence-electron chi connectivity index (χ2n) is 20.7. The minimum atomic E-state index is -1.11. The Labute approximate surface area is 488 Å². The molecular formula is C58H69ClN14O11. The van der Waals surface area contributed by atoms with Crippen molar-refractivity contribution < 1.29 is 52.7 Å². The van der Waals surface area contributed by atoms with E-state index in [1.165, 1.54) is 36.4 Å². The van der Waals surface area contributed by atoms with Crippen LogP contribution in [0.2, 0.25) is 0 Å². The predicted octanol–water partition coefficient (Wildman–Crippen LogP) is 3.79. The van der Waals surface area contributed by atoms with Gasteiger partial charge < -0.3 is 73.1 Å². The van der Waals surface area contributed by atoms with Crippen molar-refractivity contribution in [2.45, 2.75) is 62.9 Å². The summed E-state index contributed by atoms with van der Waals surface area (Å²) in [5.74, 6) is -2.68. The highest BCUT2D eigenvalue weighted by atomic mass is 35.5. The molecule has 0 bridgehead atoms. The number of urea groups is 2. The number of hydrogen-bond donors (Lipinski definition) is 10. The highest BCUT2D eigenvalue weighted by molar-refractivity contribution is 6.19. The Morgan fingerprint density at radius 1 is 0.714 bits per heavy atom. The number of likely N-dealkylation sites (N-methyl/N-ethyl adjacent to an activating group) is 1. The maximum absolute atomic E-state index is 14.5. The molecule has 0 saturated carbocycles. The largest absolute Gasteiger partial charge is 0.415 e. The molecule has 0 unspecified atom stereocenters. The number of H-pyrrole nitrogens is 1. The molecule has 26 heteroatoms. The van der Waals surface area contributed by atoms with Crippen LogP contribution in [-0.4, -0.2) is 170 Å². The molecule has 0 aliphatic carbocycles. The highest BCUT2D eigenvalue weighted by Crippen LogP contribution is 2.46. The van der Waals surface area contributed by atoms with Crippen LogP contribution >= 0.6 is 11.6 Å². The second kappa shape index (κ2) is 28.8. The van der Waals surface area contributed by atoms with Crippen LogP contribution < -0.4 is 58.3 Å². The normalized spacial score (nSPS) is 15.6. The van der Waals surface area contributed by atoms with Gasteiger partial charge in [0, 0.05) is 135 Å². The summed E-state index contributed by atoms with van der Waals surface area (Å²) < 4.78 is 6.06. The van der Waals surface area contributed by atoms with Crippen LogP contribution in [0.15, 0.2) is 91.0 Å². The third-order valence-corrected chi connectivity index (χ3v) is 15.1. The average Bonchev–Trinajstić information content (AvgIpc) is 3.85. The summed E-state index contributed by atoms with van der Waals surface area (Å²) in [4.78, 5) is 138. The first-order valence-electron chi connectivity index (χ1n) is 27.8. The molecule has 12 N–H and O–H groups in total. The molecule has 1 saturated heterocycles. The number of piperazine rings is 1. The van der Waals surface area contributed by atoms with Crippen LogP contribution in [0.1, 0.15) is 77.3 Å². The number of aromatic amines is 1. The van der Waals surface area contributed by atoms with E-state index in [4.69, 9.17) is 27.8 Å². The van der Waals surface area contributed by atoms with Gasteiger partial charge in [0.05, 0.1) is 11.7 Å². The molecule has 4 aromatic carbocycles. The van der Waals surface area contributed by atoms with Crippen molar-refractivity contribution in [2.24, 2.45) is 11.5 Å². The summed E-state index contributed by atoms with van der Waals surface area (Å²) in [6, 6.07) is 18.9. The third-order valence-electron chi connectivity index (χ3n) is 14.7. The number of nitrogens with two attached hydrogens (primary N) is 2. The van der Waals surface area contributed by atoms with Crippen LogP contribution in [0.5, 0.6) is 5.75 Å². The van der Waals surface area contributed by atoms with Gasteiger partial charge >= 0.3 is 18.2 Å². The van der Waals surface area contributed by atoms with Crippen molar-refractivity contribution in [3.8, 4) is 5.75 Å². The number of ether oxygens (including phenoxy) is 1. The van der Waals surface area contributed by atoms with Gasteiger partial charge in [0.25, 0.3) is 23.6 Å². The lowest BCUT2D eigenvalue weighted by atomic mass is 9.95. The Kier molecular flexibility index (Phi) is 20.9. The number of carbonyl (C=O) groups excluding carboxylic acids is 10. The van der Waals surface area contributed by atoms with E-state index >= 15 is 0 Å². The zero-order valence-corrected chi connectivity index (χ0v) is 47.2. The SMILES string of the molecule is CN1CCN(C(=O)Oc2cc3c(c4ccccc24)[C@H](CCl)CN3C(=O)c2cc3cc(NC(=O)c4ccc(NC(=O)[C@H](CCCNC(N)=O)NC(=O)[C@H](CCCCNC(N)=O)NCCNC(=O)CCCN5C(=O)C=CC5=O)cc4)ccc3[nH]2)CC1. The van der Waals surface area contributed by atoms with E-state index in [-0.39, 0.29) is 94.0 Å². The molecular weight excluding hydrogens is 1100 g/mol. The fraction of sp³-hybridized carbons (Fsp3) is 0.379. The number of aromatic nitrogens is 1.